The molecule has 0 N–H and O–H groups in total. The Labute approximate surface area is 187 Å². The van der Waals surface area contributed by atoms with Crippen LogP contribution in [0.3, 0.4) is 0 Å². The summed E-state index contributed by atoms with van der Waals surface area (Å²) in [5.74, 6) is -1.07. The number of ether oxygens (including phenoxy) is 1. The van der Waals surface area contributed by atoms with Crippen molar-refractivity contribution in [1.29, 1.82) is 0 Å². The predicted molar refractivity (Wildman–Crippen MR) is 122 cm³/mol. The topological polar surface area (TPSA) is 99.4 Å². The SMILES string of the molecule is COC(=O)c1cc(C(=O)Cc2ccc(-c3nc4ccc(C)cc4s3)cc2)cc([N+](=O)[O-])c1. The number of nitro groups is 1. The van der Waals surface area contributed by atoms with Crippen molar-refractivity contribution in [3.63, 3.8) is 0 Å². The van der Waals surface area contributed by atoms with Crippen LogP contribution in [0, 0.1) is 17.0 Å². The number of thiazole rings is 1. The van der Waals surface area contributed by atoms with Crippen LogP contribution in [-0.4, -0.2) is 28.8 Å². The highest BCUT2D eigenvalue weighted by Gasteiger charge is 2.18. The minimum atomic E-state index is -0.738. The van der Waals surface area contributed by atoms with Gasteiger partial charge >= 0.3 is 5.97 Å². The maximum atomic E-state index is 12.8. The van der Waals surface area contributed by atoms with Crippen LogP contribution in [0.5, 0.6) is 0 Å². The van der Waals surface area contributed by atoms with Gasteiger partial charge in [-0.25, -0.2) is 9.78 Å². The van der Waals surface area contributed by atoms with Crippen molar-refractivity contribution in [1.82, 2.24) is 4.98 Å². The molecule has 0 atom stereocenters. The lowest BCUT2D eigenvalue weighted by atomic mass is 9.99. The van der Waals surface area contributed by atoms with Gasteiger partial charge in [0.25, 0.3) is 5.69 Å². The first-order valence-corrected chi connectivity index (χ1v) is 10.5. The van der Waals surface area contributed by atoms with Crippen LogP contribution >= 0.6 is 11.3 Å². The number of hydrogen-bond donors (Lipinski definition) is 0. The van der Waals surface area contributed by atoms with Crippen molar-refractivity contribution in [3.8, 4) is 10.6 Å². The van der Waals surface area contributed by atoms with Gasteiger partial charge < -0.3 is 4.74 Å². The first-order valence-electron chi connectivity index (χ1n) is 9.71. The van der Waals surface area contributed by atoms with Gasteiger partial charge in [-0.3, -0.25) is 14.9 Å². The smallest absolute Gasteiger partial charge is 0.338 e. The number of aromatic nitrogens is 1. The average Bonchev–Trinajstić information content (AvgIpc) is 3.21. The number of aryl methyl sites for hydroxylation is 1. The lowest BCUT2D eigenvalue weighted by Crippen LogP contribution is -2.08. The van der Waals surface area contributed by atoms with Crippen molar-refractivity contribution >= 4 is 39.0 Å². The summed E-state index contributed by atoms with van der Waals surface area (Å²) in [6, 6.07) is 17.2. The Kier molecular flexibility index (Phi) is 5.79. The van der Waals surface area contributed by atoms with Gasteiger partial charge in [-0.1, -0.05) is 30.3 Å². The first-order chi connectivity index (χ1) is 15.3. The van der Waals surface area contributed by atoms with Crippen molar-refractivity contribution in [3.05, 3.63) is 93.0 Å². The number of carbonyl (C=O) groups is 2. The van der Waals surface area contributed by atoms with E-state index in [1.165, 1.54) is 24.8 Å². The van der Waals surface area contributed by atoms with Gasteiger partial charge in [0.15, 0.2) is 5.78 Å². The lowest BCUT2D eigenvalue weighted by Gasteiger charge is -2.06. The monoisotopic (exact) mass is 446 g/mol. The molecule has 1 heterocycles. The van der Waals surface area contributed by atoms with Gasteiger partial charge in [0, 0.05) is 29.7 Å². The van der Waals surface area contributed by atoms with Gasteiger partial charge in [0.05, 0.1) is 27.8 Å². The van der Waals surface area contributed by atoms with E-state index in [4.69, 9.17) is 0 Å². The fourth-order valence-corrected chi connectivity index (χ4v) is 4.39. The Balaban J connectivity index is 1.56. The standard InChI is InChI=1S/C24H18N2O5S/c1-14-3-8-20-22(9-14)32-23(25-20)16-6-4-15(5-7-16)10-21(27)17-11-18(24(28)31-2)13-19(12-17)26(29)30/h3-9,11-13H,10H2,1-2H3. The number of ketones is 1. The Morgan fingerprint density at radius 1 is 1.03 bits per heavy atom. The number of benzene rings is 3. The zero-order valence-corrected chi connectivity index (χ0v) is 18.1. The highest BCUT2D eigenvalue weighted by molar-refractivity contribution is 7.21. The molecule has 3 aromatic carbocycles. The Hall–Kier alpha value is -3.91. The average molecular weight is 446 g/mol. The number of non-ortho nitro benzene ring substituents is 1. The van der Waals surface area contributed by atoms with Crippen molar-refractivity contribution in [2.45, 2.75) is 13.3 Å². The molecule has 4 rings (SSSR count). The molecule has 0 bridgehead atoms. The zero-order chi connectivity index (χ0) is 22.8. The summed E-state index contributed by atoms with van der Waals surface area (Å²) in [7, 11) is 1.18. The zero-order valence-electron chi connectivity index (χ0n) is 17.3. The molecule has 1 aromatic heterocycles. The number of hydrogen-bond acceptors (Lipinski definition) is 7. The second kappa shape index (κ2) is 8.68. The van der Waals surface area contributed by atoms with Crippen LogP contribution < -0.4 is 0 Å². The quantitative estimate of drug-likeness (QED) is 0.170. The second-order valence-electron chi connectivity index (χ2n) is 7.30. The number of rotatable bonds is 6. The Morgan fingerprint density at radius 2 is 1.75 bits per heavy atom. The fourth-order valence-electron chi connectivity index (χ4n) is 3.32. The van der Waals surface area contributed by atoms with Crippen molar-refractivity contribution in [2.75, 3.05) is 7.11 Å². The van der Waals surface area contributed by atoms with E-state index >= 15 is 0 Å². The number of fused-ring (bicyclic) bond motifs is 1. The van der Waals surface area contributed by atoms with Gasteiger partial charge in [0.1, 0.15) is 5.01 Å². The predicted octanol–water partition coefficient (Wildman–Crippen LogP) is 5.39. The molecule has 8 heteroatoms. The van der Waals surface area contributed by atoms with E-state index in [0.29, 0.717) is 0 Å². The largest absolute Gasteiger partial charge is 0.465 e. The minimum absolute atomic E-state index is 0.0357. The van der Waals surface area contributed by atoms with Gasteiger partial charge in [0.2, 0.25) is 0 Å². The van der Waals surface area contributed by atoms with E-state index in [1.54, 1.807) is 11.3 Å². The van der Waals surface area contributed by atoms with Gasteiger partial charge in [-0.15, -0.1) is 11.3 Å². The molecule has 0 radical (unpaired) electrons. The van der Waals surface area contributed by atoms with E-state index in [9.17, 15) is 19.7 Å². The minimum Gasteiger partial charge on any atom is -0.465 e. The fraction of sp³-hybridized carbons (Fsp3) is 0.125. The molecule has 0 spiro atoms. The second-order valence-corrected chi connectivity index (χ2v) is 8.33. The number of methoxy groups -OCH3 is 1. The third-order valence-electron chi connectivity index (χ3n) is 4.98. The van der Waals surface area contributed by atoms with E-state index in [-0.39, 0.29) is 29.0 Å². The van der Waals surface area contributed by atoms with Crippen LogP contribution in [0.25, 0.3) is 20.8 Å². The summed E-state index contributed by atoms with van der Waals surface area (Å²) < 4.78 is 5.75. The summed E-state index contributed by atoms with van der Waals surface area (Å²) in [5.41, 5.74) is 3.54. The Bertz CT molecular complexity index is 1360. The molecule has 0 aliphatic heterocycles. The van der Waals surface area contributed by atoms with E-state index in [1.807, 2.05) is 43.3 Å². The summed E-state index contributed by atoms with van der Waals surface area (Å²) >= 11 is 1.61. The molecule has 0 saturated carbocycles. The lowest BCUT2D eigenvalue weighted by molar-refractivity contribution is -0.384. The molecular formula is C24H18N2O5S. The molecule has 0 fully saturated rings. The number of esters is 1. The van der Waals surface area contributed by atoms with Crippen LogP contribution in [-0.2, 0) is 11.2 Å². The third-order valence-corrected chi connectivity index (χ3v) is 6.05. The van der Waals surface area contributed by atoms with Crippen LogP contribution in [0.4, 0.5) is 5.69 Å². The molecule has 32 heavy (non-hydrogen) atoms. The first kappa shape index (κ1) is 21.3. The summed E-state index contributed by atoms with van der Waals surface area (Å²) in [4.78, 5) is 39.8. The highest BCUT2D eigenvalue weighted by Crippen LogP contribution is 2.31. The third kappa shape index (κ3) is 4.40. The van der Waals surface area contributed by atoms with Crippen LogP contribution in [0.2, 0.25) is 0 Å². The summed E-state index contributed by atoms with van der Waals surface area (Å²) in [6.07, 6.45) is 0.0428. The Morgan fingerprint density at radius 3 is 2.44 bits per heavy atom. The maximum absolute atomic E-state index is 12.8. The molecule has 0 unspecified atom stereocenters. The van der Waals surface area contributed by atoms with E-state index < -0.39 is 10.9 Å². The van der Waals surface area contributed by atoms with Crippen LogP contribution in [0.1, 0.15) is 31.8 Å². The molecule has 0 aliphatic carbocycles. The molecule has 160 valence electrons. The van der Waals surface area contributed by atoms with Gasteiger partial charge in [-0.2, -0.15) is 0 Å². The van der Waals surface area contributed by atoms with E-state index in [2.05, 4.69) is 15.8 Å². The normalized spacial score (nSPS) is 10.8. The molecular weight excluding hydrogens is 428 g/mol. The molecule has 7 nitrogen and oxygen atoms in total. The van der Waals surface area contributed by atoms with E-state index in [0.717, 1.165) is 32.4 Å². The van der Waals surface area contributed by atoms with Gasteiger partial charge in [-0.05, 0) is 36.2 Å². The maximum Gasteiger partial charge on any atom is 0.338 e. The summed E-state index contributed by atoms with van der Waals surface area (Å²) in [6.45, 7) is 2.04. The molecule has 0 saturated heterocycles. The number of Topliss-reactive ketones (excluding diaryl/α,β-unsaturated/α-hetero) is 1. The van der Waals surface area contributed by atoms with Crippen molar-refractivity contribution < 1.29 is 19.2 Å². The number of nitrogens with zero attached hydrogens (tertiary/aromatic N) is 2. The van der Waals surface area contributed by atoms with Crippen LogP contribution in [0.15, 0.2) is 60.7 Å². The highest BCUT2D eigenvalue weighted by atomic mass is 32.1. The molecule has 4 aromatic rings. The molecule has 0 amide bonds. The summed E-state index contributed by atoms with van der Waals surface area (Å²) in [5, 5.41) is 12.1. The number of carbonyl (C=O) groups excluding carboxylic acids is 2. The van der Waals surface area contributed by atoms with Crippen molar-refractivity contribution in [2.24, 2.45) is 0 Å². The molecule has 0 aliphatic rings. The number of nitro benzene ring substituents is 1.